The number of carbonyl (C=O) groups is 1. The first-order chi connectivity index (χ1) is 10.2. The lowest BCUT2D eigenvalue weighted by Crippen LogP contribution is -2.14. The molecule has 2 aromatic rings. The largest absolute Gasteiger partial charge is 0.321 e. The minimum absolute atomic E-state index is 0.0825. The van der Waals surface area contributed by atoms with E-state index < -0.39 is 0 Å². The Morgan fingerprint density at radius 3 is 2.23 bits per heavy atom. The van der Waals surface area contributed by atoms with E-state index in [1.54, 1.807) is 0 Å². The summed E-state index contributed by atoms with van der Waals surface area (Å²) in [6.45, 7) is 10.6. The van der Waals surface area contributed by atoms with Crippen LogP contribution >= 0.6 is 15.9 Å². The average Bonchev–Trinajstić information content (AvgIpc) is 2.42. The highest BCUT2D eigenvalue weighted by Crippen LogP contribution is 2.30. The fraction of sp³-hybridized carbons (Fsp3) is 0.316. The van der Waals surface area contributed by atoms with E-state index in [2.05, 4.69) is 54.2 Å². The number of carbonyl (C=O) groups excluding carboxylic acids is 1. The predicted octanol–water partition coefficient (Wildman–Crippen LogP) is 5.62. The summed E-state index contributed by atoms with van der Waals surface area (Å²) in [5.41, 5.74) is 5.08. The first kappa shape index (κ1) is 16.8. The molecule has 0 saturated carbocycles. The smallest absolute Gasteiger partial charge is 0.255 e. The molecule has 116 valence electrons. The number of halogens is 1. The molecule has 22 heavy (non-hydrogen) atoms. The molecule has 0 aromatic heterocycles. The topological polar surface area (TPSA) is 29.1 Å². The van der Waals surface area contributed by atoms with Gasteiger partial charge in [0.2, 0.25) is 0 Å². The van der Waals surface area contributed by atoms with Gasteiger partial charge in [-0.2, -0.15) is 0 Å². The molecular formula is C19H22BrNO. The van der Waals surface area contributed by atoms with Crippen molar-refractivity contribution in [2.75, 3.05) is 5.32 Å². The molecule has 0 radical (unpaired) electrons. The third-order valence-electron chi connectivity index (χ3n) is 3.85. The number of rotatable bonds is 2. The van der Waals surface area contributed by atoms with Gasteiger partial charge in [-0.15, -0.1) is 0 Å². The Hall–Kier alpha value is -1.61. The van der Waals surface area contributed by atoms with Gasteiger partial charge >= 0.3 is 0 Å². The maximum absolute atomic E-state index is 12.4. The lowest BCUT2D eigenvalue weighted by atomic mass is 9.87. The molecule has 0 aliphatic rings. The fourth-order valence-corrected chi connectivity index (χ4v) is 2.64. The lowest BCUT2D eigenvalue weighted by Gasteiger charge is -2.20. The van der Waals surface area contributed by atoms with Gasteiger partial charge in [0.1, 0.15) is 0 Å². The van der Waals surface area contributed by atoms with Gasteiger partial charge < -0.3 is 5.32 Å². The van der Waals surface area contributed by atoms with Crippen molar-refractivity contribution in [2.24, 2.45) is 0 Å². The van der Waals surface area contributed by atoms with Gasteiger partial charge in [0, 0.05) is 10.0 Å². The number of nitrogens with one attached hydrogen (secondary N) is 1. The van der Waals surface area contributed by atoms with E-state index in [4.69, 9.17) is 0 Å². The monoisotopic (exact) mass is 359 g/mol. The minimum Gasteiger partial charge on any atom is -0.321 e. The summed E-state index contributed by atoms with van der Waals surface area (Å²) in [4.78, 5) is 12.4. The quantitative estimate of drug-likeness (QED) is 0.740. The zero-order chi connectivity index (χ0) is 16.5. The van der Waals surface area contributed by atoms with Crippen LogP contribution in [0.2, 0.25) is 0 Å². The normalized spacial score (nSPS) is 11.4. The van der Waals surface area contributed by atoms with E-state index in [0.29, 0.717) is 5.56 Å². The summed E-state index contributed by atoms with van der Waals surface area (Å²) < 4.78 is 0.900. The number of hydrogen-bond donors (Lipinski definition) is 1. The SMILES string of the molecule is Cc1ccc(C(=O)Nc2ccc(C(C)(C)C)cc2Br)cc1C. The highest BCUT2D eigenvalue weighted by atomic mass is 79.9. The molecule has 2 aromatic carbocycles. The van der Waals surface area contributed by atoms with Crippen LogP contribution in [-0.2, 0) is 5.41 Å². The Bertz CT molecular complexity index is 714. The second-order valence-electron chi connectivity index (χ2n) is 6.70. The molecule has 0 saturated heterocycles. The molecule has 0 spiro atoms. The van der Waals surface area contributed by atoms with Crippen LogP contribution in [-0.4, -0.2) is 5.91 Å². The van der Waals surface area contributed by atoms with Crippen molar-refractivity contribution in [3.8, 4) is 0 Å². The number of anilines is 1. The molecule has 0 bridgehead atoms. The van der Waals surface area contributed by atoms with E-state index in [0.717, 1.165) is 15.7 Å². The zero-order valence-electron chi connectivity index (χ0n) is 13.8. The lowest BCUT2D eigenvalue weighted by molar-refractivity contribution is 0.102. The highest BCUT2D eigenvalue weighted by molar-refractivity contribution is 9.10. The van der Waals surface area contributed by atoms with E-state index in [9.17, 15) is 4.79 Å². The van der Waals surface area contributed by atoms with Crippen LogP contribution in [0.3, 0.4) is 0 Å². The number of aryl methyl sites for hydroxylation is 2. The van der Waals surface area contributed by atoms with Crippen LogP contribution in [0.5, 0.6) is 0 Å². The van der Waals surface area contributed by atoms with Gasteiger partial charge in [-0.1, -0.05) is 32.9 Å². The van der Waals surface area contributed by atoms with E-state index in [1.807, 2.05) is 38.1 Å². The van der Waals surface area contributed by atoms with Crippen molar-refractivity contribution in [1.82, 2.24) is 0 Å². The van der Waals surface area contributed by atoms with Gasteiger partial charge in [-0.3, -0.25) is 4.79 Å². The van der Waals surface area contributed by atoms with Crippen molar-refractivity contribution in [3.63, 3.8) is 0 Å². The predicted molar refractivity (Wildman–Crippen MR) is 96.7 cm³/mol. The third kappa shape index (κ3) is 3.77. The molecule has 1 amide bonds. The summed E-state index contributed by atoms with van der Waals surface area (Å²) in [6.07, 6.45) is 0. The van der Waals surface area contributed by atoms with Crippen LogP contribution in [0.15, 0.2) is 40.9 Å². The second-order valence-corrected chi connectivity index (χ2v) is 7.55. The van der Waals surface area contributed by atoms with Gasteiger partial charge in [0.15, 0.2) is 0 Å². The summed E-state index contributed by atoms with van der Waals surface area (Å²) in [5, 5.41) is 2.97. The van der Waals surface area contributed by atoms with Crippen LogP contribution in [0.25, 0.3) is 0 Å². The first-order valence-corrected chi connectivity index (χ1v) is 8.16. The first-order valence-electron chi connectivity index (χ1n) is 7.37. The van der Waals surface area contributed by atoms with E-state index in [1.165, 1.54) is 11.1 Å². The third-order valence-corrected chi connectivity index (χ3v) is 4.51. The Balaban J connectivity index is 2.23. The van der Waals surface area contributed by atoms with Gasteiger partial charge in [-0.05, 0) is 76.1 Å². The van der Waals surface area contributed by atoms with Crippen molar-refractivity contribution < 1.29 is 4.79 Å². The molecule has 0 fully saturated rings. The Labute approximate surface area is 141 Å². The standard InChI is InChI=1S/C19H22BrNO/c1-12-6-7-14(10-13(12)2)18(22)21-17-9-8-15(11-16(17)20)19(3,4)5/h6-11H,1-5H3,(H,21,22). The number of hydrogen-bond acceptors (Lipinski definition) is 1. The van der Waals surface area contributed by atoms with E-state index in [-0.39, 0.29) is 11.3 Å². The Morgan fingerprint density at radius 2 is 1.68 bits per heavy atom. The van der Waals surface area contributed by atoms with Crippen molar-refractivity contribution in [1.29, 1.82) is 0 Å². The van der Waals surface area contributed by atoms with E-state index >= 15 is 0 Å². The van der Waals surface area contributed by atoms with Crippen LogP contribution in [0.1, 0.15) is 47.8 Å². The van der Waals surface area contributed by atoms with Gasteiger partial charge in [0.05, 0.1) is 5.69 Å². The van der Waals surface area contributed by atoms with Crippen LogP contribution < -0.4 is 5.32 Å². The molecule has 2 rings (SSSR count). The van der Waals surface area contributed by atoms with Crippen molar-refractivity contribution >= 4 is 27.5 Å². The van der Waals surface area contributed by atoms with Gasteiger partial charge in [-0.25, -0.2) is 0 Å². The highest BCUT2D eigenvalue weighted by Gasteiger charge is 2.16. The molecule has 1 N–H and O–H groups in total. The molecule has 2 nitrogen and oxygen atoms in total. The summed E-state index contributed by atoms with van der Waals surface area (Å²) in [5.74, 6) is -0.0905. The second kappa shape index (κ2) is 6.25. The zero-order valence-corrected chi connectivity index (χ0v) is 15.3. The van der Waals surface area contributed by atoms with Crippen molar-refractivity contribution in [3.05, 3.63) is 63.1 Å². The summed E-state index contributed by atoms with van der Waals surface area (Å²) >= 11 is 3.55. The molecular weight excluding hydrogens is 338 g/mol. The Kier molecular flexibility index (Phi) is 4.76. The maximum atomic E-state index is 12.4. The summed E-state index contributed by atoms with van der Waals surface area (Å²) in [7, 11) is 0. The molecule has 0 heterocycles. The fourth-order valence-electron chi connectivity index (χ4n) is 2.16. The minimum atomic E-state index is -0.0905. The molecule has 3 heteroatoms. The molecule has 0 aliphatic carbocycles. The van der Waals surface area contributed by atoms with Crippen LogP contribution in [0.4, 0.5) is 5.69 Å². The van der Waals surface area contributed by atoms with Crippen molar-refractivity contribution in [2.45, 2.75) is 40.0 Å². The van der Waals surface area contributed by atoms with Crippen LogP contribution in [0, 0.1) is 13.8 Å². The summed E-state index contributed by atoms with van der Waals surface area (Å²) in [6, 6.07) is 11.8. The maximum Gasteiger partial charge on any atom is 0.255 e. The molecule has 0 aliphatic heterocycles. The van der Waals surface area contributed by atoms with Gasteiger partial charge in [0.25, 0.3) is 5.91 Å². The Morgan fingerprint density at radius 1 is 1.00 bits per heavy atom. The number of amides is 1. The number of benzene rings is 2. The molecule has 0 atom stereocenters. The average molecular weight is 360 g/mol. The molecule has 0 unspecified atom stereocenters.